The minimum absolute atomic E-state index is 0. The van der Waals surface area contributed by atoms with Gasteiger partial charge in [0.05, 0.1) is 66.1 Å². The van der Waals surface area contributed by atoms with Gasteiger partial charge < -0.3 is 47.4 Å². The highest BCUT2D eigenvalue weighted by Crippen LogP contribution is 2.46. The van der Waals surface area contributed by atoms with Crippen molar-refractivity contribution in [3.63, 3.8) is 0 Å². The Labute approximate surface area is 717 Å². The molecule has 10 aliphatic rings. The van der Waals surface area contributed by atoms with Crippen LogP contribution in [0.4, 0.5) is 43.9 Å². The van der Waals surface area contributed by atoms with E-state index in [2.05, 4.69) is 34.6 Å². The zero-order chi connectivity index (χ0) is 85.5. The van der Waals surface area contributed by atoms with Crippen molar-refractivity contribution in [3.05, 3.63) is 174 Å². The molecule has 0 N–H and O–H groups in total. The molecule has 678 valence electrons. The van der Waals surface area contributed by atoms with Gasteiger partial charge in [-0.1, -0.05) is 170 Å². The predicted octanol–water partition coefficient (Wildman–Crippen LogP) is 28.3. The molecule has 5 saturated carbocycles. The van der Waals surface area contributed by atoms with Crippen molar-refractivity contribution in [3.8, 4) is 0 Å². The van der Waals surface area contributed by atoms with Crippen molar-refractivity contribution in [1.29, 1.82) is 0 Å². The average molecular weight is 1710 g/mol. The van der Waals surface area contributed by atoms with E-state index in [1.165, 1.54) is 288 Å². The fourth-order valence-electron chi connectivity index (χ4n) is 20.2. The monoisotopic (exact) mass is 1710 g/mol. The maximum Gasteiger partial charge on any atom is 0.184 e. The molecule has 0 unspecified atom stereocenters. The molecule has 0 spiro atoms. The fraction of sp³-hybridized carbons (Fsp3) is 0.703. The normalized spacial score (nSPS) is 30.9. The molecule has 0 bridgehead atoms. The topological polar surface area (TPSA) is 92.3 Å². The highest BCUT2D eigenvalue weighted by atomic mass is 19.2. The molecule has 121 heavy (non-hydrogen) atoms. The lowest BCUT2D eigenvalue weighted by molar-refractivity contribution is -0.215. The number of ether oxygens (including phenoxy) is 10. The standard InChI is InChI=1S/C22H32F2O2.C21H30F2O2.C20H28F2O2.C19H26F2O2.C18H24F2O2.CH4/c1-3-4-5-6-16-7-9-17(10-8-16)19-13-25-22(26-14-19)18-11-20(23)15(2)21(24)12-18;1-3-4-5-15-6-8-16(9-7-15)18-12-24-21(25-13-18)17-10-19(22)14(2)20(23)11-17;1-3-4-14-5-7-15(8-6-14)17-11-23-20(24-12-17)16-9-18(21)13(2)19(22)10-16;1-3-13-4-6-14(7-5-13)16-10-22-19(23-11-16)15-8-17(20)12(2)18(21)9-15;1-11-3-5-13(6-4-11)15-9-21-18(22-10-15)14-7-16(19)12(2)17(20)8-14;/h11-12,16-17,19,22H,3-10,13-14H2,1-2H3;10-11,15-16,18,21H,3-9,12-13H2,1-2H3;9-10,14-15,17,20H,3-8,11-12H2,1-2H3;8-9,13-14,16,19H,3-7,10-11H2,1-2H3;7-8,11,13,15,18H,3-6,9-10H2,1-2H3;1H4. The van der Waals surface area contributed by atoms with Gasteiger partial charge in [0, 0.05) is 85.2 Å². The van der Waals surface area contributed by atoms with Crippen LogP contribution in [0.15, 0.2) is 60.7 Å². The average Bonchev–Trinajstić information content (AvgIpc) is 0.832. The van der Waals surface area contributed by atoms with E-state index in [0.717, 1.165) is 29.6 Å². The number of benzene rings is 5. The van der Waals surface area contributed by atoms with Gasteiger partial charge in [0.25, 0.3) is 0 Å². The van der Waals surface area contributed by atoms with E-state index in [0.29, 0.717) is 153 Å². The van der Waals surface area contributed by atoms with Gasteiger partial charge in [0.1, 0.15) is 58.2 Å². The quantitative estimate of drug-likeness (QED) is 0.0554. The zero-order valence-corrected chi connectivity index (χ0v) is 73.5. The fourth-order valence-corrected chi connectivity index (χ4v) is 20.2. The molecular formula is C101H144F10O10. The van der Waals surface area contributed by atoms with E-state index >= 15 is 0 Å². The number of halogens is 10. The first-order chi connectivity index (χ1) is 57.9. The largest absolute Gasteiger partial charge is 0.348 e. The summed E-state index contributed by atoms with van der Waals surface area (Å²) < 4.78 is 195. The second-order valence-electron chi connectivity index (χ2n) is 37.3. The van der Waals surface area contributed by atoms with Crippen molar-refractivity contribution in [1.82, 2.24) is 0 Å². The maximum atomic E-state index is 13.8. The van der Waals surface area contributed by atoms with Crippen molar-refractivity contribution >= 4 is 0 Å². The Morgan fingerprint density at radius 2 is 0.421 bits per heavy atom. The summed E-state index contributed by atoms with van der Waals surface area (Å²) in [7, 11) is 0. The Kier molecular flexibility index (Phi) is 39.6. The summed E-state index contributed by atoms with van der Waals surface area (Å²) in [6.45, 7) is 24.7. The van der Waals surface area contributed by atoms with Gasteiger partial charge in [0.15, 0.2) is 31.5 Å². The van der Waals surface area contributed by atoms with E-state index in [-0.39, 0.29) is 35.2 Å². The van der Waals surface area contributed by atoms with Crippen LogP contribution in [0.25, 0.3) is 0 Å². The van der Waals surface area contributed by atoms with Gasteiger partial charge in [-0.15, -0.1) is 0 Å². The minimum atomic E-state index is -0.652. The Morgan fingerprint density at radius 3 is 0.620 bits per heavy atom. The molecule has 0 atom stereocenters. The first-order valence-electron chi connectivity index (χ1n) is 46.3. The van der Waals surface area contributed by atoms with E-state index < -0.39 is 89.6 Å². The van der Waals surface area contributed by atoms with Gasteiger partial charge >= 0.3 is 0 Å². The number of hydrogen-bond donors (Lipinski definition) is 0. The first kappa shape index (κ1) is 98.2. The van der Waals surface area contributed by atoms with E-state index in [9.17, 15) is 43.9 Å². The number of rotatable bonds is 20. The number of hydrogen-bond acceptors (Lipinski definition) is 10. The molecule has 5 aromatic rings. The van der Waals surface area contributed by atoms with E-state index in [1.807, 2.05) is 0 Å². The molecule has 20 heteroatoms. The van der Waals surface area contributed by atoms with Crippen LogP contribution < -0.4 is 0 Å². The van der Waals surface area contributed by atoms with Crippen molar-refractivity contribution < 1.29 is 91.3 Å². The SMILES string of the molecule is C.CCC1CCC(C2COC(c3cc(F)c(C)c(F)c3)OC2)CC1.CCCC1CCC(C2COC(c3cc(F)c(C)c(F)c3)OC2)CC1.CCCCC1CCC(C2COC(c3cc(F)c(C)c(F)c3)OC2)CC1.CCCCCC1CCC(C2COC(c3cc(F)c(C)c(F)c3)OC2)CC1.Cc1c(F)cc(C2OCC(C3CCC(C)CC3)CO2)cc1F. The van der Waals surface area contributed by atoms with Gasteiger partial charge in [-0.25, -0.2) is 43.9 Å². The van der Waals surface area contributed by atoms with Crippen molar-refractivity contribution in [2.24, 2.45) is 88.8 Å². The summed E-state index contributed by atoms with van der Waals surface area (Å²) in [5.41, 5.74) is 2.34. The first-order valence-corrected chi connectivity index (χ1v) is 46.3. The Balaban J connectivity index is 0.000000159. The molecule has 5 aromatic carbocycles. The summed E-state index contributed by atoms with van der Waals surface area (Å²) in [6, 6.07) is 13.2. The molecule has 0 radical (unpaired) electrons. The molecular weight excluding hydrogens is 1560 g/mol. The number of unbranched alkanes of at least 4 members (excludes halogenated alkanes) is 3. The summed E-state index contributed by atoms with van der Waals surface area (Å²) in [4.78, 5) is 0. The Morgan fingerprint density at radius 1 is 0.231 bits per heavy atom. The lowest BCUT2D eigenvalue weighted by Crippen LogP contribution is -2.34. The highest BCUT2D eigenvalue weighted by molar-refractivity contribution is 5.30. The molecule has 5 aliphatic heterocycles. The van der Waals surface area contributed by atoms with Crippen molar-refractivity contribution in [2.45, 2.75) is 301 Å². The summed E-state index contributed by atoms with van der Waals surface area (Å²) in [5, 5.41) is 0. The molecule has 5 heterocycles. The van der Waals surface area contributed by atoms with Gasteiger partial charge in [-0.05, 0) is 219 Å². The lowest BCUT2D eigenvalue weighted by atomic mass is 9.74. The van der Waals surface area contributed by atoms with Crippen LogP contribution in [0, 0.1) is 182 Å². The molecule has 0 aromatic heterocycles. The van der Waals surface area contributed by atoms with E-state index in [1.54, 1.807) is 0 Å². The molecule has 10 fully saturated rings. The summed E-state index contributed by atoms with van der Waals surface area (Å²) in [5.74, 6) is 4.23. The molecule has 5 saturated heterocycles. The van der Waals surface area contributed by atoms with Crippen LogP contribution in [-0.2, 0) is 47.4 Å². The Hall–Kier alpha value is -5.00. The summed E-state index contributed by atoms with van der Waals surface area (Å²) in [6.07, 6.45) is 35.6. The van der Waals surface area contributed by atoms with Crippen LogP contribution in [0.2, 0.25) is 0 Å². The van der Waals surface area contributed by atoms with Gasteiger partial charge in [-0.3, -0.25) is 0 Å². The van der Waals surface area contributed by atoms with Crippen LogP contribution in [0.3, 0.4) is 0 Å². The molecule has 15 rings (SSSR count). The second kappa shape index (κ2) is 48.8. The maximum absolute atomic E-state index is 13.8. The van der Waals surface area contributed by atoms with E-state index in [4.69, 9.17) is 47.4 Å². The van der Waals surface area contributed by atoms with Crippen LogP contribution in [0.5, 0.6) is 0 Å². The third kappa shape index (κ3) is 28.0. The highest BCUT2D eigenvalue weighted by Gasteiger charge is 2.39. The molecule has 5 aliphatic carbocycles. The van der Waals surface area contributed by atoms with Gasteiger partial charge in [0.2, 0.25) is 0 Å². The Bertz CT molecular complexity index is 3760. The second-order valence-corrected chi connectivity index (χ2v) is 37.3. The third-order valence-corrected chi connectivity index (χ3v) is 28.9. The minimum Gasteiger partial charge on any atom is -0.348 e. The van der Waals surface area contributed by atoms with Gasteiger partial charge in [-0.2, -0.15) is 0 Å². The predicted molar refractivity (Wildman–Crippen MR) is 455 cm³/mol. The third-order valence-electron chi connectivity index (χ3n) is 28.9. The zero-order valence-electron chi connectivity index (χ0n) is 73.5. The smallest absolute Gasteiger partial charge is 0.184 e. The van der Waals surface area contributed by atoms with Crippen LogP contribution in [-0.4, -0.2) is 66.1 Å². The van der Waals surface area contributed by atoms with Crippen LogP contribution in [0.1, 0.15) is 322 Å². The summed E-state index contributed by atoms with van der Waals surface area (Å²) >= 11 is 0. The molecule has 0 amide bonds. The van der Waals surface area contributed by atoms with Crippen molar-refractivity contribution in [2.75, 3.05) is 66.1 Å². The molecule has 10 nitrogen and oxygen atoms in total. The lowest BCUT2D eigenvalue weighted by Gasteiger charge is -2.38. The van der Waals surface area contributed by atoms with Crippen LogP contribution >= 0.6 is 0 Å².